The van der Waals surface area contributed by atoms with Crippen molar-refractivity contribution in [2.24, 2.45) is 12.9 Å². The molecule has 0 aliphatic heterocycles. The Morgan fingerprint density at radius 1 is 1.56 bits per heavy atom. The van der Waals surface area contributed by atoms with Crippen LogP contribution in [-0.4, -0.2) is 9.78 Å². The summed E-state index contributed by atoms with van der Waals surface area (Å²) in [6, 6.07) is 1.95. The highest BCUT2D eigenvalue weighted by molar-refractivity contribution is 9.10. The zero-order chi connectivity index (χ0) is 13.3. The lowest BCUT2D eigenvalue weighted by molar-refractivity contribution is 0.493. The second-order valence-electron chi connectivity index (χ2n) is 4.33. The second kappa shape index (κ2) is 5.26. The number of aromatic nitrogens is 2. The summed E-state index contributed by atoms with van der Waals surface area (Å²) in [5.41, 5.74) is 5.99. The molecule has 0 bridgehead atoms. The van der Waals surface area contributed by atoms with Crippen molar-refractivity contribution >= 4 is 15.9 Å². The molecule has 1 atom stereocenters. The van der Waals surface area contributed by atoms with Gasteiger partial charge in [0.1, 0.15) is 5.76 Å². The summed E-state index contributed by atoms with van der Waals surface area (Å²) >= 11 is 3.57. The van der Waals surface area contributed by atoms with E-state index in [0.717, 1.165) is 33.6 Å². The van der Waals surface area contributed by atoms with E-state index in [9.17, 15) is 0 Å². The average molecular weight is 313 g/mol. The Hall–Kier alpha value is -1.11. The number of furan rings is 1. The van der Waals surface area contributed by atoms with Crippen LogP contribution in [0, 0.1) is 13.8 Å². The molecule has 2 aromatic rings. The Bertz CT molecular complexity index is 546. The minimum Gasteiger partial charge on any atom is -0.469 e. The highest BCUT2D eigenvalue weighted by Crippen LogP contribution is 2.27. The number of halogens is 1. The van der Waals surface area contributed by atoms with E-state index in [0.29, 0.717) is 0 Å². The lowest BCUT2D eigenvalue weighted by Crippen LogP contribution is -2.30. The quantitative estimate of drug-likeness (QED) is 0.670. The molecule has 2 heterocycles. The molecule has 2 rings (SSSR count). The van der Waals surface area contributed by atoms with Gasteiger partial charge in [0.25, 0.3) is 0 Å². The van der Waals surface area contributed by atoms with Crippen LogP contribution in [-0.2, 0) is 13.5 Å². The second-order valence-corrected chi connectivity index (χ2v) is 5.12. The van der Waals surface area contributed by atoms with E-state index < -0.39 is 0 Å². The fourth-order valence-corrected chi connectivity index (χ4v) is 2.61. The number of hydrogen-bond donors (Lipinski definition) is 2. The smallest absolute Gasteiger partial charge is 0.105 e. The van der Waals surface area contributed by atoms with E-state index in [1.807, 2.05) is 31.6 Å². The fourth-order valence-electron chi connectivity index (χ4n) is 2.11. The van der Waals surface area contributed by atoms with Crippen LogP contribution in [0.3, 0.4) is 0 Å². The van der Waals surface area contributed by atoms with Crippen LogP contribution < -0.4 is 11.3 Å². The number of hydrogen-bond acceptors (Lipinski definition) is 4. The first-order chi connectivity index (χ1) is 8.54. The molecule has 18 heavy (non-hydrogen) atoms. The van der Waals surface area contributed by atoms with E-state index in [1.165, 1.54) is 0 Å². The third-order valence-corrected chi connectivity index (χ3v) is 4.17. The van der Waals surface area contributed by atoms with E-state index in [-0.39, 0.29) is 6.04 Å². The van der Waals surface area contributed by atoms with Gasteiger partial charge in [0.2, 0.25) is 0 Å². The number of aryl methyl sites for hydroxylation is 3. The van der Waals surface area contributed by atoms with Crippen LogP contribution in [0.1, 0.15) is 28.8 Å². The van der Waals surface area contributed by atoms with Crippen molar-refractivity contribution < 1.29 is 4.42 Å². The maximum atomic E-state index is 5.65. The normalized spacial score (nSPS) is 12.9. The van der Waals surface area contributed by atoms with Gasteiger partial charge in [0.15, 0.2) is 0 Å². The van der Waals surface area contributed by atoms with Crippen molar-refractivity contribution in [2.45, 2.75) is 26.3 Å². The molecule has 0 aliphatic carbocycles. The Labute approximate surface area is 114 Å². The number of nitrogens with two attached hydrogens (primary N) is 1. The van der Waals surface area contributed by atoms with Crippen LogP contribution in [0.15, 0.2) is 21.2 Å². The fraction of sp³-hybridized carbons (Fsp3) is 0.417. The van der Waals surface area contributed by atoms with Crippen molar-refractivity contribution in [3.05, 3.63) is 39.5 Å². The van der Waals surface area contributed by atoms with Crippen LogP contribution in [0.25, 0.3) is 0 Å². The van der Waals surface area contributed by atoms with Crippen molar-refractivity contribution in [1.82, 2.24) is 15.2 Å². The molecule has 2 aromatic heterocycles. The lowest BCUT2D eigenvalue weighted by atomic mass is 10.0. The van der Waals surface area contributed by atoms with E-state index in [2.05, 4.69) is 26.5 Å². The summed E-state index contributed by atoms with van der Waals surface area (Å²) < 4.78 is 8.23. The molecule has 6 heteroatoms. The first kappa shape index (κ1) is 13.3. The summed E-state index contributed by atoms with van der Waals surface area (Å²) in [6.07, 6.45) is 2.42. The summed E-state index contributed by atoms with van der Waals surface area (Å²) in [4.78, 5) is 0. The Morgan fingerprint density at radius 2 is 2.28 bits per heavy atom. The Balaban J connectivity index is 2.29. The third-order valence-electron chi connectivity index (χ3n) is 3.13. The summed E-state index contributed by atoms with van der Waals surface area (Å²) in [6.45, 7) is 3.91. The van der Waals surface area contributed by atoms with Crippen LogP contribution in [0.5, 0.6) is 0 Å². The highest BCUT2D eigenvalue weighted by Gasteiger charge is 2.19. The maximum absolute atomic E-state index is 5.65. The van der Waals surface area contributed by atoms with Gasteiger partial charge in [-0.15, -0.1) is 0 Å². The van der Waals surface area contributed by atoms with Gasteiger partial charge in [0, 0.05) is 19.0 Å². The monoisotopic (exact) mass is 312 g/mol. The predicted molar refractivity (Wildman–Crippen MR) is 72.9 cm³/mol. The molecular formula is C12H17BrN4O. The SMILES string of the molecule is Cc1nn(C)c(CC(NN)c2ccoc2C)c1Br. The van der Waals surface area contributed by atoms with Gasteiger partial charge in [-0.3, -0.25) is 16.0 Å². The minimum absolute atomic E-state index is 0.00912. The molecule has 0 fully saturated rings. The molecule has 0 aromatic carbocycles. The molecule has 0 spiro atoms. The molecule has 0 radical (unpaired) electrons. The van der Waals surface area contributed by atoms with Gasteiger partial charge >= 0.3 is 0 Å². The van der Waals surface area contributed by atoms with Gasteiger partial charge in [-0.05, 0) is 35.8 Å². The molecule has 98 valence electrons. The molecule has 0 amide bonds. The molecule has 0 saturated heterocycles. The van der Waals surface area contributed by atoms with E-state index in [1.54, 1.807) is 6.26 Å². The molecule has 3 N–H and O–H groups in total. The van der Waals surface area contributed by atoms with E-state index >= 15 is 0 Å². The number of nitrogens with one attached hydrogen (secondary N) is 1. The average Bonchev–Trinajstić information content (AvgIpc) is 2.84. The van der Waals surface area contributed by atoms with Crippen LogP contribution in [0.4, 0.5) is 0 Å². The largest absolute Gasteiger partial charge is 0.469 e. The summed E-state index contributed by atoms with van der Waals surface area (Å²) in [5.74, 6) is 6.53. The highest BCUT2D eigenvalue weighted by atomic mass is 79.9. The third kappa shape index (κ3) is 2.36. The number of rotatable bonds is 4. The van der Waals surface area contributed by atoms with Crippen LogP contribution >= 0.6 is 15.9 Å². The predicted octanol–water partition coefficient (Wildman–Crippen LogP) is 2.14. The van der Waals surface area contributed by atoms with Gasteiger partial charge < -0.3 is 4.42 Å². The van der Waals surface area contributed by atoms with Gasteiger partial charge in [-0.1, -0.05) is 0 Å². The first-order valence-electron chi connectivity index (χ1n) is 5.72. The maximum Gasteiger partial charge on any atom is 0.105 e. The summed E-state index contributed by atoms with van der Waals surface area (Å²) in [7, 11) is 1.93. The minimum atomic E-state index is 0.00912. The van der Waals surface area contributed by atoms with E-state index in [4.69, 9.17) is 10.3 Å². The molecule has 0 saturated carbocycles. The van der Waals surface area contributed by atoms with Crippen molar-refractivity contribution in [3.63, 3.8) is 0 Å². The molecular weight excluding hydrogens is 296 g/mol. The Morgan fingerprint density at radius 3 is 2.72 bits per heavy atom. The topological polar surface area (TPSA) is 69.0 Å². The zero-order valence-electron chi connectivity index (χ0n) is 10.7. The van der Waals surface area contributed by atoms with Crippen molar-refractivity contribution in [1.29, 1.82) is 0 Å². The number of nitrogens with zero attached hydrogens (tertiary/aromatic N) is 2. The van der Waals surface area contributed by atoms with Gasteiger partial charge in [-0.25, -0.2) is 0 Å². The molecule has 0 aliphatic rings. The zero-order valence-corrected chi connectivity index (χ0v) is 12.3. The van der Waals surface area contributed by atoms with Crippen molar-refractivity contribution in [2.75, 3.05) is 0 Å². The Kier molecular flexibility index (Phi) is 3.89. The molecule has 5 nitrogen and oxygen atoms in total. The summed E-state index contributed by atoms with van der Waals surface area (Å²) in [5, 5.41) is 4.38. The standard InChI is InChI=1S/C12H17BrN4O/c1-7-12(13)11(17(3)16-7)6-10(15-14)9-4-5-18-8(9)2/h4-5,10,15H,6,14H2,1-3H3. The lowest BCUT2D eigenvalue weighted by Gasteiger charge is -2.15. The number of hydrazine groups is 1. The van der Waals surface area contributed by atoms with Gasteiger partial charge in [0.05, 0.1) is 28.2 Å². The van der Waals surface area contributed by atoms with Crippen molar-refractivity contribution in [3.8, 4) is 0 Å². The van der Waals surface area contributed by atoms with Crippen LogP contribution in [0.2, 0.25) is 0 Å². The molecule has 1 unspecified atom stereocenters. The van der Waals surface area contributed by atoms with Gasteiger partial charge in [-0.2, -0.15) is 5.10 Å². The first-order valence-corrected chi connectivity index (χ1v) is 6.52.